The molecule has 23 heavy (non-hydrogen) atoms. The third-order valence-corrected chi connectivity index (χ3v) is 4.10. The molecule has 0 unspecified atom stereocenters. The molecule has 3 aromatic rings. The van der Waals surface area contributed by atoms with Crippen molar-refractivity contribution in [2.75, 3.05) is 11.5 Å². The first-order chi connectivity index (χ1) is 11.1. The van der Waals surface area contributed by atoms with Crippen LogP contribution >= 0.6 is 0 Å². The molecule has 0 bridgehead atoms. The largest absolute Gasteiger partial charge is 0.399 e. The molecule has 0 saturated heterocycles. The van der Waals surface area contributed by atoms with E-state index >= 15 is 0 Å². The number of nitrogen functional groups attached to an aromatic ring is 2. The average molecular weight is 302 g/mol. The molecule has 2 nitrogen and oxygen atoms in total. The van der Waals surface area contributed by atoms with Gasteiger partial charge in [-0.2, -0.15) is 0 Å². The van der Waals surface area contributed by atoms with E-state index in [2.05, 4.69) is 55.5 Å². The van der Waals surface area contributed by atoms with Crippen molar-refractivity contribution < 1.29 is 0 Å². The summed E-state index contributed by atoms with van der Waals surface area (Å²) >= 11 is 0. The van der Waals surface area contributed by atoms with Crippen LogP contribution in [0, 0.1) is 0 Å². The molecule has 0 amide bonds. The van der Waals surface area contributed by atoms with E-state index in [4.69, 9.17) is 11.5 Å². The van der Waals surface area contributed by atoms with Gasteiger partial charge < -0.3 is 11.5 Å². The predicted octanol–water partition coefficient (Wildman–Crippen LogP) is 4.67. The van der Waals surface area contributed by atoms with Crippen LogP contribution in [-0.2, 0) is 12.8 Å². The maximum atomic E-state index is 5.86. The van der Waals surface area contributed by atoms with E-state index in [1.54, 1.807) is 6.07 Å². The topological polar surface area (TPSA) is 52.0 Å². The molecular weight excluding hydrogens is 280 g/mol. The summed E-state index contributed by atoms with van der Waals surface area (Å²) in [7, 11) is 0. The summed E-state index contributed by atoms with van der Waals surface area (Å²) in [5.41, 5.74) is 19.4. The van der Waals surface area contributed by atoms with Gasteiger partial charge in [0.15, 0.2) is 0 Å². The second-order valence-corrected chi connectivity index (χ2v) is 5.93. The Morgan fingerprint density at radius 1 is 0.609 bits per heavy atom. The number of rotatable bonds is 4. The van der Waals surface area contributed by atoms with Gasteiger partial charge in [-0.05, 0) is 58.9 Å². The van der Waals surface area contributed by atoms with Gasteiger partial charge in [-0.25, -0.2) is 0 Å². The summed E-state index contributed by atoms with van der Waals surface area (Å²) in [6.07, 6.45) is 1.91. The third-order valence-electron chi connectivity index (χ3n) is 4.10. The van der Waals surface area contributed by atoms with E-state index in [-0.39, 0.29) is 0 Å². The second-order valence-electron chi connectivity index (χ2n) is 5.93. The van der Waals surface area contributed by atoms with Crippen LogP contribution in [0.4, 0.5) is 11.4 Å². The Morgan fingerprint density at radius 2 is 1.09 bits per heavy atom. The van der Waals surface area contributed by atoms with Crippen LogP contribution < -0.4 is 11.5 Å². The quantitative estimate of drug-likeness (QED) is 0.688. The first-order valence-electron chi connectivity index (χ1n) is 7.97. The van der Waals surface area contributed by atoms with E-state index in [1.165, 1.54) is 22.3 Å². The van der Waals surface area contributed by atoms with Crippen molar-refractivity contribution in [3.63, 3.8) is 0 Å². The summed E-state index contributed by atoms with van der Waals surface area (Å²) < 4.78 is 0. The Balaban J connectivity index is 1.78. The molecule has 4 N–H and O–H groups in total. The van der Waals surface area contributed by atoms with Crippen molar-refractivity contribution in [2.24, 2.45) is 0 Å². The van der Waals surface area contributed by atoms with E-state index in [0.29, 0.717) is 11.4 Å². The Labute approximate surface area is 137 Å². The van der Waals surface area contributed by atoms with E-state index in [0.717, 1.165) is 18.4 Å². The molecule has 116 valence electrons. The number of hydrogen-bond acceptors (Lipinski definition) is 2. The molecule has 0 spiro atoms. The predicted molar refractivity (Wildman–Crippen MR) is 99.3 cm³/mol. The Morgan fingerprint density at radius 3 is 1.57 bits per heavy atom. The summed E-state index contributed by atoms with van der Waals surface area (Å²) in [6, 6.07) is 23.2. The summed E-state index contributed by atoms with van der Waals surface area (Å²) in [6.45, 7) is 2.17. The van der Waals surface area contributed by atoms with Crippen LogP contribution in [0.25, 0.3) is 11.1 Å². The standard InChI is InChI=1S/C21H22N2/c1-2-15-3-7-18(8-4-15)19-9-5-16(6-10-19)11-17-12-20(22)14-21(23)13-17/h3-10,12-14H,2,11,22-23H2,1H3. The zero-order chi connectivity index (χ0) is 16.2. The van der Waals surface area contributed by atoms with E-state index < -0.39 is 0 Å². The second kappa shape index (κ2) is 6.57. The molecule has 0 fully saturated rings. The minimum atomic E-state index is 0.715. The van der Waals surface area contributed by atoms with Gasteiger partial charge in [-0.15, -0.1) is 0 Å². The van der Waals surface area contributed by atoms with Gasteiger partial charge in [-0.1, -0.05) is 55.5 Å². The Bertz CT molecular complexity index is 767. The fourth-order valence-electron chi connectivity index (χ4n) is 2.83. The maximum Gasteiger partial charge on any atom is 0.0337 e. The minimum Gasteiger partial charge on any atom is -0.399 e. The fourth-order valence-corrected chi connectivity index (χ4v) is 2.83. The molecule has 3 aromatic carbocycles. The lowest BCUT2D eigenvalue weighted by Gasteiger charge is -2.07. The highest BCUT2D eigenvalue weighted by molar-refractivity contribution is 5.64. The van der Waals surface area contributed by atoms with E-state index in [1.807, 2.05) is 12.1 Å². The van der Waals surface area contributed by atoms with Crippen molar-refractivity contribution >= 4 is 11.4 Å². The van der Waals surface area contributed by atoms with Crippen LogP contribution in [0.5, 0.6) is 0 Å². The minimum absolute atomic E-state index is 0.715. The Hall–Kier alpha value is -2.74. The molecule has 0 aromatic heterocycles. The van der Waals surface area contributed by atoms with Crippen LogP contribution in [-0.4, -0.2) is 0 Å². The fraction of sp³-hybridized carbons (Fsp3) is 0.143. The van der Waals surface area contributed by atoms with Gasteiger partial charge in [0.2, 0.25) is 0 Å². The van der Waals surface area contributed by atoms with Crippen molar-refractivity contribution in [1.29, 1.82) is 0 Å². The van der Waals surface area contributed by atoms with Crippen molar-refractivity contribution in [3.8, 4) is 11.1 Å². The molecule has 0 aliphatic carbocycles. The van der Waals surface area contributed by atoms with Crippen LogP contribution in [0.3, 0.4) is 0 Å². The summed E-state index contributed by atoms with van der Waals surface area (Å²) in [5.74, 6) is 0. The zero-order valence-corrected chi connectivity index (χ0v) is 13.4. The molecule has 0 aliphatic heterocycles. The van der Waals surface area contributed by atoms with Crippen LogP contribution in [0.2, 0.25) is 0 Å². The number of aryl methyl sites for hydroxylation is 1. The lowest BCUT2D eigenvalue weighted by atomic mass is 9.99. The SMILES string of the molecule is CCc1ccc(-c2ccc(Cc3cc(N)cc(N)c3)cc2)cc1. The van der Waals surface area contributed by atoms with Crippen molar-refractivity contribution in [3.05, 3.63) is 83.4 Å². The van der Waals surface area contributed by atoms with Gasteiger partial charge in [0, 0.05) is 11.4 Å². The maximum absolute atomic E-state index is 5.86. The summed E-state index contributed by atoms with van der Waals surface area (Å²) in [5, 5.41) is 0. The lowest BCUT2D eigenvalue weighted by Crippen LogP contribution is -1.95. The molecule has 3 rings (SSSR count). The molecule has 0 heterocycles. The van der Waals surface area contributed by atoms with Gasteiger partial charge in [-0.3, -0.25) is 0 Å². The normalized spacial score (nSPS) is 10.7. The monoisotopic (exact) mass is 302 g/mol. The highest BCUT2D eigenvalue weighted by Gasteiger charge is 2.02. The number of benzene rings is 3. The van der Waals surface area contributed by atoms with Crippen molar-refractivity contribution in [2.45, 2.75) is 19.8 Å². The first kappa shape index (κ1) is 15.2. The van der Waals surface area contributed by atoms with Gasteiger partial charge in [0.25, 0.3) is 0 Å². The van der Waals surface area contributed by atoms with Crippen molar-refractivity contribution in [1.82, 2.24) is 0 Å². The number of nitrogens with two attached hydrogens (primary N) is 2. The van der Waals surface area contributed by atoms with Gasteiger partial charge in [0.05, 0.1) is 0 Å². The van der Waals surface area contributed by atoms with E-state index in [9.17, 15) is 0 Å². The molecule has 0 atom stereocenters. The molecule has 0 saturated carbocycles. The molecular formula is C21H22N2. The molecule has 0 aliphatic rings. The zero-order valence-electron chi connectivity index (χ0n) is 13.4. The van der Waals surface area contributed by atoms with Gasteiger partial charge >= 0.3 is 0 Å². The first-order valence-corrected chi connectivity index (χ1v) is 7.97. The number of hydrogen-bond donors (Lipinski definition) is 2. The molecule has 2 heteroatoms. The highest BCUT2D eigenvalue weighted by atomic mass is 14.6. The molecule has 0 radical (unpaired) electrons. The van der Waals surface area contributed by atoms with Gasteiger partial charge in [0.1, 0.15) is 0 Å². The van der Waals surface area contributed by atoms with Crippen LogP contribution in [0.1, 0.15) is 23.6 Å². The third kappa shape index (κ3) is 3.72. The van der Waals surface area contributed by atoms with Crippen LogP contribution in [0.15, 0.2) is 66.7 Å². The Kier molecular flexibility index (Phi) is 4.33. The lowest BCUT2D eigenvalue weighted by molar-refractivity contribution is 1.14. The summed E-state index contributed by atoms with van der Waals surface area (Å²) in [4.78, 5) is 0. The highest BCUT2D eigenvalue weighted by Crippen LogP contribution is 2.22. The average Bonchev–Trinajstić information content (AvgIpc) is 2.55. The number of anilines is 2. The smallest absolute Gasteiger partial charge is 0.0337 e.